The van der Waals surface area contributed by atoms with E-state index < -0.39 is 5.60 Å². The van der Waals surface area contributed by atoms with E-state index in [0.717, 1.165) is 18.5 Å². The lowest BCUT2D eigenvalue weighted by Gasteiger charge is -2.34. The molecule has 0 bridgehead atoms. The van der Waals surface area contributed by atoms with E-state index in [9.17, 15) is 9.59 Å². The second kappa shape index (κ2) is 6.67. The van der Waals surface area contributed by atoms with Crippen molar-refractivity contribution in [2.24, 2.45) is 0 Å². The molecule has 1 saturated heterocycles. The van der Waals surface area contributed by atoms with Crippen LogP contribution < -0.4 is 5.32 Å². The van der Waals surface area contributed by atoms with E-state index in [1.807, 2.05) is 32.9 Å². The summed E-state index contributed by atoms with van der Waals surface area (Å²) in [5.41, 5.74) is 1.76. The van der Waals surface area contributed by atoms with Crippen molar-refractivity contribution in [1.29, 1.82) is 0 Å². The summed E-state index contributed by atoms with van der Waals surface area (Å²) in [5, 5.41) is 2.95. The summed E-state index contributed by atoms with van der Waals surface area (Å²) in [6.45, 7) is 7.08. The van der Waals surface area contributed by atoms with Gasteiger partial charge < -0.3 is 15.0 Å². The topological polar surface area (TPSA) is 58.6 Å². The average Bonchev–Trinajstić information content (AvgIpc) is 2.52. The number of rotatable bonds is 1. The molecule has 2 heterocycles. The molecule has 130 valence electrons. The van der Waals surface area contributed by atoms with E-state index in [2.05, 4.69) is 11.4 Å². The van der Waals surface area contributed by atoms with Gasteiger partial charge in [-0.1, -0.05) is 12.1 Å². The van der Waals surface area contributed by atoms with Crippen LogP contribution in [-0.2, 0) is 9.53 Å². The molecule has 0 saturated carbocycles. The highest BCUT2D eigenvalue weighted by atomic mass is 32.2. The minimum absolute atomic E-state index is 0.0596. The number of carbonyl (C=O) groups excluding carboxylic acids is 2. The van der Waals surface area contributed by atoms with E-state index in [1.54, 1.807) is 16.7 Å². The number of carbonyl (C=O) groups is 2. The zero-order valence-electron chi connectivity index (χ0n) is 14.4. The molecule has 1 aromatic carbocycles. The quantitative estimate of drug-likeness (QED) is 0.837. The highest BCUT2D eigenvalue weighted by Gasteiger charge is 2.29. The smallest absolute Gasteiger partial charge is 0.410 e. The fraction of sp³-hybridized carbons (Fsp3) is 0.556. The Balaban J connectivity index is 1.67. The van der Waals surface area contributed by atoms with E-state index >= 15 is 0 Å². The van der Waals surface area contributed by atoms with Crippen molar-refractivity contribution in [3.8, 4) is 0 Å². The minimum Gasteiger partial charge on any atom is -0.444 e. The number of hydrogen-bond donors (Lipinski definition) is 1. The SMILES string of the molecule is CC(C)(C)OC(=O)N1CCC(c2cccc3c2SCC(=O)N3)CC1. The number of nitrogens with one attached hydrogen (secondary N) is 1. The number of piperidine rings is 1. The van der Waals surface area contributed by atoms with Crippen LogP contribution in [0.4, 0.5) is 10.5 Å². The molecule has 1 aromatic rings. The van der Waals surface area contributed by atoms with Crippen LogP contribution in [-0.4, -0.2) is 41.3 Å². The van der Waals surface area contributed by atoms with Gasteiger partial charge in [0, 0.05) is 18.0 Å². The number of amides is 2. The minimum atomic E-state index is -0.457. The summed E-state index contributed by atoms with van der Waals surface area (Å²) in [4.78, 5) is 26.7. The van der Waals surface area contributed by atoms with Gasteiger partial charge in [0.05, 0.1) is 11.4 Å². The Labute approximate surface area is 147 Å². The third-order valence-corrected chi connectivity index (χ3v) is 5.40. The van der Waals surface area contributed by atoms with Crippen molar-refractivity contribution in [2.45, 2.75) is 50.0 Å². The summed E-state index contributed by atoms with van der Waals surface area (Å²) in [6, 6.07) is 6.11. The number of thioether (sulfide) groups is 1. The molecule has 2 amide bonds. The van der Waals surface area contributed by atoms with Gasteiger partial charge in [-0.15, -0.1) is 11.8 Å². The molecule has 0 unspecified atom stereocenters. The van der Waals surface area contributed by atoms with Gasteiger partial charge in [0.25, 0.3) is 0 Å². The van der Waals surface area contributed by atoms with Crippen LogP contribution in [0.25, 0.3) is 0 Å². The second-order valence-electron chi connectivity index (χ2n) is 7.30. The average molecular weight is 348 g/mol. The monoisotopic (exact) mass is 348 g/mol. The summed E-state index contributed by atoms with van der Waals surface area (Å²) in [5.74, 6) is 0.950. The molecular weight excluding hydrogens is 324 g/mol. The molecule has 3 rings (SSSR count). The Morgan fingerprint density at radius 1 is 1.29 bits per heavy atom. The summed E-state index contributed by atoms with van der Waals surface area (Å²) >= 11 is 1.61. The molecule has 0 aromatic heterocycles. The molecule has 1 fully saturated rings. The number of nitrogens with zero attached hydrogens (tertiary/aromatic N) is 1. The summed E-state index contributed by atoms with van der Waals surface area (Å²) < 4.78 is 5.46. The van der Waals surface area contributed by atoms with Gasteiger partial charge in [-0.3, -0.25) is 4.79 Å². The fourth-order valence-electron chi connectivity index (χ4n) is 3.16. The maximum Gasteiger partial charge on any atom is 0.410 e. The van der Waals surface area contributed by atoms with Crippen LogP contribution >= 0.6 is 11.8 Å². The number of likely N-dealkylation sites (tertiary alicyclic amines) is 1. The lowest BCUT2D eigenvalue weighted by Crippen LogP contribution is -2.41. The van der Waals surface area contributed by atoms with Gasteiger partial charge in [0.15, 0.2) is 0 Å². The molecule has 0 aliphatic carbocycles. The van der Waals surface area contributed by atoms with Crippen LogP contribution in [0, 0.1) is 0 Å². The van der Waals surface area contributed by atoms with E-state index in [0.29, 0.717) is 24.8 Å². The highest BCUT2D eigenvalue weighted by molar-refractivity contribution is 8.00. The third kappa shape index (κ3) is 3.86. The Kier molecular flexibility index (Phi) is 4.76. The van der Waals surface area contributed by atoms with Gasteiger partial charge >= 0.3 is 6.09 Å². The van der Waals surface area contributed by atoms with Crippen molar-refractivity contribution < 1.29 is 14.3 Å². The van der Waals surface area contributed by atoms with Gasteiger partial charge in [-0.05, 0) is 51.2 Å². The molecule has 0 spiro atoms. The van der Waals surface area contributed by atoms with Crippen LogP contribution in [0.5, 0.6) is 0 Å². The van der Waals surface area contributed by atoms with E-state index in [-0.39, 0.29) is 12.0 Å². The van der Waals surface area contributed by atoms with Crippen molar-refractivity contribution >= 4 is 29.4 Å². The Morgan fingerprint density at radius 3 is 2.67 bits per heavy atom. The first-order valence-electron chi connectivity index (χ1n) is 8.37. The largest absolute Gasteiger partial charge is 0.444 e. The van der Waals surface area contributed by atoms with Gasteiger partial charge in [-0.2, -0.15) is 0 Å². The molecule has 24 heavy (non-hydrogen) atoms. The fourth-order valence-corrected chi connectivity index (χ4v) is 4.18. The standard InChI is InChI=1S/C18H24N2O3S/c1-18(2,3)23-17(22)20-9-7-12(8-10-20)13-5-4-6-14-16(13)24-11-15(21)19-14/h4-6,12H,7-11H2,1-3H3,(H,19,21). The predicted molar refractivity (Wildman–Crippen MR) is 95.6 cm³/mol. The zero-order valence-corrected chi connectivity index (χ0v) is 15.2. The number of fused-ring (bicyclic) bond motifs is 1. The Morgan fingerprint density at radius 2 is 2.00 bits per heavy atom. The normalized spacial score (nSPS) is 18.8. The number of benzene rings is 1. The zero-order chi connectivity index (χ0) is 17.3. The van der Waals surface area contributed by atoms with Gasteiger partial charge in [-0.25, -0.2) is 4.79 Å². The molecule has 1 N–H and O–H groups in total. The van der Waals surface area contributed by atoms with Crippen LogP contribution in [0.15, 0.2) is 23.1 Å². The predicted octanol–water partition coefficient (Wildman–Crippen LogP) is 3.85. The van der Waals surface area contributed by atoms with Crippen molar-refractivity contribution in [1.82, 2.24) is 4.90 Å². The maximum atomic E-state index is 12.2. The van der Waals surface area contributed by atoms with Crippen LogP contribution in [0.1, 0.15) is 45.1 Å². The lowest BCUT2D eigenvalue weighted by molar-refractivity contribution is -0.113. The first kappa shape index (κ1) is 17.1. The Bertz CT molecular complexity index is 646. The molecule has 5 nitrogen and oxygen atoms in total. The summed E-state index contributed by atoms with van der Waals surface area (Å²) in [6.07, 6.45) is 1.62. The highest BCUT2D eigenvalue weighted by Crippen LogP contribution is 2.41. The molecular formula is C18H24N2O3S. The number of ether oxygens (including phenoxy) is 1. The molecule has 0 radical (unpaired) electrons. The van der Waals surface area contributed by atoms with Crippen LogP contribution in [0.2, 0.25) is 0 Å². The van der Waals surface area contributed by atoms with Crippen molar-refractivity contribution in [3.63, 3.8) is 0 Å². The maximum absolute atomic E-state index is 12.2. The first-order chi connectivity index (χ1) is 11.3. The lowest BCUT2D eigenvalue weighted by atomic mass is 9.89. The van der Waals surface area contributed by atoms with Crippen molar-refractivity contribution in [2.75, 3.05) is 24.2 Å². The second-order valence-corrected chi connectivity index (χ2v) is 8.29. The van der Waals surface area contributed by atoms with Crippen molar-refractivity contribution in [3.05, 3.63) is 23.8 Å². The molecule has 2 aliphatic heterocycles. The molecule has 0 atom stereocenters. The number of anilines is 1. The molecule has 6 heteroatoms. The number of hydrogen-bond acceptors (Lipinski definition) is 4. The van der Waals surface area contributed by atoms with Gasteiger partial charge in [0.1, 0.15) is 5.60 Å². The Hall–Kier alpha value is -1.69. The first-order valence-corrected chi connectivity index (χ1v) is 9.35. The third-order valence-electron chi connectivity index (χ3n) is 4.25. The van der Waals surface area contributed by atoms with Crippen LogP contribution in [0.3, 0.4) is 0 Å². The molecule has 2 aliphatic rings. The summed E-state index contributed by atoms with van der Waals surface area (Å²) in [7, 11) is 0. The van der Waals surface area contributed by atoms with E-state index in [1.165, 1.54) is 10.5 Å². The van der Waals surface area contributed by atoms with Gasteiger partial charge in [0.2, 0.25) is 5.91 Å². The van der Waals surface area contributed by atoms with E-state index in [4.69, 9.17) is 4.74 Å².